The Morgan fingerprint density at radius 1 is 1.03 bits per heavy atom. The van der Waals surface area contributed by atoms with Crippen molar-refractivity contribution in [2.45, 2.75) is 6.61 Å². The lowest BCUT2D eigenvalue weighted by atomic mass is 10.1. The third kappa shape index (κ3) is 5.75. The predicted octanol–water partition coefficient (Wildman–Crippen LogP) is 5.85. The molecule has 0 aliphatic carbocycles. The van der Waals surface area contributed by atoms with E-state index >= 15 is 0 Å². The zero-order valence-electron chi connectivity index (χ0n) is 15.5. The first-order chi connectivity index (χ1) is 14.4. The molecular formula is C23H15BrF2N2O2. The largest absolute Gasteiger partial charge is 0.488 e. The maximum atomic E-state index is 13.0. The van der Waals surface area contributed by atoms with E-state index in [-0.39, 0.29) is 18.0 Å². The van der Waals surface area contributed by atoms with Crippen molar-refractivity contribution >= 4 is 33.6 Å². The first kappa shape index (κ1) is 21.2. The van der Waals surface area contributed by atoms with Crippen LogP contribution >= 0.6 is 15.9 Å². The van der Waals surface area contributed by atoms with Crippen LogP contribution in [0.25, 0.3) is 6.08 Å². The van der Waals surface area contributed by atoms with Crippen molar-refractivity contribution in [3.63, 3.8) is 0 Å². The molecule has 0 saturated carbocycles. The van der Waals surface area contributed by atoms with Crippen LogP contribution in [0.2, 0.25) is 0 Å². The summed E-state index contributed by atoms with van der Waals surface area (Å²) in [5, 5.41) is 11.9. The molecule has 0 aliphatic rings. The van der Waals surface area contributed by atoms with E-state index in [9.17, 15) is 18.8 Å². The summed E-state index contributed by atoms with van der Waals surface area (Å²) in [4.78, 5) is 12.3. The third-order valence-electron chi connectivity index (χ3n) is 4.04. The fraction of sp³-hybridized carbons (Fsp3) is 0.0435. The highest BCUT2D eigenvalue weighted by Crippen LogP contribution is 2.28. The molecular weight excluding hydrogens is 454 g/mol. The second-order valence-corrected chi connectivity index (χ2v) is 7.09. The molecule has 0 fully saturated rings. The van der Waals surface area contributed by atoms with Gasteiger partial charge in [-0.1, -0.05) is 18.2 Å². The van der Waals surface area contributed by atoms with E-state index in [1.54, 1.807) is 30.3 Å². The van der Waals surface area contributed by atoms with Crippen LogP contribution in [-0.4, -0.2) is 5.91 Å². The van der Waals surface area contributed by atoms with Gasteiger partial charge < -0.3 is 10.1 Å². The summed E-state index contributed by atoms with van der Waals surface area (Å²) < 4.78 is 32.3. The molecule has 7 heteroatoms. The Kier molecular flexibility index (Phi) is 6.94. The highest BCUT2D eigenvalue weighted by atomic mass is 79.9. The molecule has 0 saturated heterocycles. The lowest BCUT2D eigenvalue weighted by Gasteiger charge is -2.09. The van der Waals surface area contributed by atoms with Crippen LogP contribution in [0.1, 0.15) is 11.1 Å². The molecule has 0 aromatic heterocycles. The minimum absolute atomic E-state index is 0.105. The normalized spacial score (nSPS) is 10.9. The van der Waals surface area contributed by atoms with Crippen molar-refractivity contribution in [2.24, 2.45) is 0 Å². The lowest BCUT2D eigenvalue weighted by Crippen LogP contribution is -2.13. The average molecular weight is 469 g/mol. The van der Waals surface area contributed by atoms with Crippen molar-refractivity contribution in [1.82, 2.24) is 0 Å². The molecule has 1 amide bonds. The van der Waals surface area contributed by atoms with Crippen LogP contribution in [0, 0.1) is 23.0 Å². The SMILES string of the molecule is N#CC(=Cc1ccc(OCc2ccc(F)cc2)c(Br)c1)C(=O)Nc1ccc(F)cc1. The van der Waals surface area contributed by atoms with Crippen LogP contribution < -0.4 is 10.1 Å². The maximum absolute atomic E-state index is 13.0. The van der Waals surface area contributed by atoms with Gasteiger partial charge in [0.15, 0.2) is 0 Å². The Hall–Kier alpha value is -3.50. The van der Waals surface area contributed by atoms with Crippen LogP contribution in [0.5, 0.6) is 5.75 Å². The quantitative estimate of drug-likeness (QED) is 0.364. The van der Waals surface area contributed by atoms with E-state index in [4.69, 9.17) is 4.74 Å². The van der Waals surface area contributed by atoms with Gasteiger partial charge >= 0.3 is 0 Å². The Balaban J connectivity index is 1.69. The second-order valence-electron chi connectivity index (χ2n) is 6.24. The molecule has 0 aliphatic heterocycles. The molecule has 0 heterocycles. The highest BCUT2D eigenvalue weighted by molar-refractivity contribution is 9.10. The maximum Gasteiger partial charge on any atom is 0.266 e. The summed E-state index contributed by atoms with van der Waals surface area (Å²) in [5.41, 5.74) is 1.71. The molecule has 0 unspecified atom stereocenters. The number of hydrogen-bond acceptors (Lipinski definition) is 3. The number of nitrogens with zero attached hydrogens (tertiary/aromatic N) is 1. The number of ether oxygens (including phenoxy) is 1. The number of amides is 1. The zero-order valence-corrected chi connectivity index (χ0v) is 17.1. The van der Waals surface area contributed by atoms with Crippen molar-refractivity contribution in [1.29, 1.82) is 5.26 Å². The van der Waals surface area contributed by atoms with Crippen LogP contribution in [-0.2, 0) is 11.4 Å². The van der Waals surface area contributed by atoms with Gasteiger partial charge in [-0.3, -0.25) is 4.79 Å². The molecule has 30 heavy (non-hydrogen) atoms. The van der Waals surface area contributed by atoms with Crippen LogP contribution in [0.15, 0.2) is 76.8 Å². The molecule has 3 aromatic carbocycles. The number of carbonyl (C=O) groups is 1. The van der Waals surface area contributed by atoms with Gasteiger partial charge in [-0.15, -0.1) is 0 Å². The van der Waals surface area contributed by atoms with E-state index in [0.29, 0.717) is 21.5 Å². The first-order valence-corrected chi connectivity index (χ1v) is 9.59. The van der Waals surface area contributed by atoms with Crippen molar-refractivity contribution in [2.75, 3.05) is 5.32 Å². The van der Waals surface area contributed by atoms with Gasteiger partial charge in [0.25, 0.3) is 5.91 Å². The molecule has 4 nitrogen and oxygen atoms in total. The second kappa shape index (κ2) is 9.81. The summed E-state index contributed by atoms with van der Waals surface area (Å²) in [7, 11) is 0. The van der Waals surface area contributed by atoms with Crippen molar-refractivity contribution < 1.29 is 18.3 Å². The summed E-state index contributed by atoms with van der Waals surface area (Å²) in [5.74, 6) is -0.772. The Morgan fingerprint density at radius 3 is 2.27 bits per heavy atom. The Morgan fingerprint density at radius 2 is 1.67 bits per heavy atom. The van der Waals surface area contributed by atoms with Crippen LogP contribution in [0.3, 0.4) is 0 Å². The molecule has 0 spiro atoms. The lowest BCUT2D eigenvalue weighted by molar-refractivity contribution is -0.112. The van der Waals surface area contributed by atoms with Gasteiger partial charge in [0.05, 0.1) is 4.47 Å². The fourth-order valence-corrected chi connectivity index (χ4v) is 3.02. The molecule has 0 radical (unpaired) electrons. The van der Waals surface area contributed by atoms with Crippen molar-refractivity contribution in [3.05, 3.63) is 99.5 Å². The van der Waals surface area contributed by atoms with E-state index in [1.807, 2.05) is 6.07 Å². The summed E-state index contributed by atoms with van der Waals surface area (Å²) in [6.07, 6.45) is 1.44. The number of anilines is 1. The van der Waals surface area contributed by atoms with Gasteiger partial charge in [0.1, 0.15) is 35.6 Å². The molecule has 1 N–H and O–H groups in total. The smallest absolute Gasteiger partial charge is 0.266 e. The number of carbonyl (C=O) groups excluding carboxylic acids is 1. The number of rotatable bonds is 6. The fourth-order valence-electron chi connectivity index (χ4n) is 2.51. The van der Waals surface area contributed by atoms with E-state index in [1.165, 1.54) is 42.5 Å². The number of halogens is 3. The van der Waals surface area contributed by atoms with Gasteiger partial charge in [-0.2, -0.15) is 5.26 Å². The van der Waals surface area contributed by atoms with Crippen LogP contribution in [0.4, 0.5) is 14.5 Å². The molecule has 3 rings (SSSR count). The highest BCUT2D eigenvalue weighted by Gasteiger charge is 2.11. The standard InChI is InChI=1S/C23H15BrF2N2O2/c24-21-12-16(3-10-22(21)30-14-15-1-4-18(25)5-2-15)11-17(13-27)23(29)28-20-8-6-19(26)7-9-20/h1-12H,14H2,(H,28,29). The van der Waals surface area contributed by atoms with Gasteiger partial charge in [-0.25, -0.2) is 8.78 Å². The topological polar surface area (TPSA) is 62.1 Å². The van der Waals surface area contributed by atoms with E-state index in [2.05, 4.69) is 21.2 Å². The zero-order chi connectivity index (χ0) is 21.5. The van der Waals surface area contributed by atoms with E-state index < -0.39 is 11.7 Å². The Labute approximate surface area is 180 Å². The Bertz CT molecular complexity index is 1120. The van der Waals surface area contributed by atoms with Crippen molar-refractivity contribution in [3.8, 4) is 11.8 Å². The predicted molar refractivity (Wildman–Crippen MR) is 113 cm³/mol. The third-order valence-corrected chi connectivity index (χ3v) is 4.66. The van der Waals surface area contributed by atoms with Gasteiger partial charge in [0, 0.05) is 5.69 Å². The molecule has 3 aromatic rings. The average Bonchev–Trinajstić information content (AvgIpc) is 2.74. The summed E-state index contributed by atoms with van der Waals surface area (Å²) in [6, 6.07) is 18.2. The minimum atomic E-state index is -0.600. The molecule has 0 atom stereocenters. The van der Waals surface area contributed by atoms with Gasteiger partial charge in [0.2, 0.25) is 0 Å². The molecule has 0 bridgehead atoms. The molecule has 150 valence electrons. The number of benzene rings is 3. The van der Waals surface area contributed by atoms with Gasteiger partial charge in [-0.05, 0) is 81.7 Å². The summed E-state index contributed by atoms with van der Waals surface area (Å²) >= 11 is 3.41. The minimum Gasteiger partial charge on any atom is -0.488 e. The van der Waals surface area contributed by atoms with E-state index in [0.717, 1.165) is 5.56 Å². The monoisotopic (exact) mass is 468 g/mol. The number of hydrogen-bond donors (Lipinski definition) is 1. The first-order valence-electron chi connectivity index (χ1n) is 8.80. The number of nitriles is 1. The summed E-state index contributed by atoms with van der Waals surface area (Å²) in [6.45, 7) is 0.261. The number of nitrogens with one attached hydrogen (secondary N) is 1.